The Labute approximate surface area is 126 Å². The lowest BCUT2D eigenvalue weighted by atomic mass is 10.1. The quantitative estimate of drug-likeness (QED) is 0.635. The fourth-order valence-corrected chi connectivity index (χ4v) is 2.73. The monoisotopic (exact) mass is 303 g/mol. The Morgan fingerprint density at radius 2 is 1.85 bits per heavy atom. The van der Waals surface area contributed by atoms with Crippen molar-refractivity contribution in [3.05, 3.63) is 70.3 Å². The Kier molecular flexibility index (Phi) is 3.51. The second-order valence-corrected chi connectivity index (χ2v) is 5.40. The Bertz CT molecular complexity index is 792. The Balaban J connectivity index is 1.96. The first-order valence-corrected chi connectivity index (χ1v) is 6.93. The molecular formula is C16H11Cl2NO. The van der Waals surface area contributed by atoms with Gasteiger partial charge in [-0.25, -0.2) is 0 Å². The van der Waals surface area contributed by atoms with Crippen molar-refractivity contribution < 1.29 is 4.79 Å². The number of hydrogen-bond donors (Lipinski definition) is 0. The van der Waals surface area contributed by atoms with Crippen molar-refractivity contribution in [1.82, 2.24) is 4.57 Å². The maximum Gasteiger partial charge on any atom is 0.182 e. The van der Waals surface area contributed by atoms with Crippen LogP contribution < -0.4 is 0 Å². The van der Waals surface area contributed by atoms with Crippen LogP contribution in [0.4, 0.5) is 0 Å². The number of hydrogen-bond acceptors (Lipinski definition) is 1. The van der Waals surface area contributed by atoms with Crippen LogP contribution in [-0.2, 0) is 6.54 Å². The Morgan fingerprint density at radius 3 is 2.65 bits per heavy atom. The van der Waals surface area contributed by atoms with E-state index in [0.717, 1.165) is 10.9 Å². The van der Waals surface area contributed by atoms with Crippen molar-refractivity contribution in [3.8, 4) is 0 Å². The fourth-order valence-electron chi connectivity index (χ4n) is 2.25. The second-order valence-electron chi connectivity index (χ2n) is 4.55. The molecule has 0 aliphatic carbocycles. The molecule has 3 aromatic rings. The number of nitrogens with zero attached hydrogens (tertiary/aromatic N) is 1. The molecule has 4 heteroatoms. The third kappa shape index (κ3) is 2.45. The van der Waals surface area contributed by atoms with E-state index in [-0.39, 0.29) is 12.3 Å². The second kappa shape index (κ2) is 5.31. The molecule has 2 aromatic carbocycles. The summed E-state index contributed by atoms with van der Waals surface area (Å²) >= 11 is 12.1. The zero-order valence-electron chi connectivity index (χ0n) is 10.5. The molecule has 1 aromatic heterocycles. The smallest absolute Gasteiger partial charge is 0.182 e. The van der Waals surface area contributed by atoms with Crippen LogP contribution in [0.1, 0.15) is 10.4 Å². The molecule has 0 radical (unpaired) electrons. The van der Waals surface area contributed by atoms with Gasteiger partial charge in [0.15, 0.2) is 5.78 Å². The minimum atomic E-state index is 0.00456. The van der Waals surface area contributed by atoms with Crippen molar-refractivity contribution in [2.24, 2.45) is 0 Å². The first kappa shape index (κ1) is 13.2. The van der Waals surface area contributed by atoms with Crippen LogP contribution in [0.25, 0.3) is 10.9 Å². The molecule has 2 nitrogen and oxygen atoms in total. The van der Waals surface area contributed by atoms with E-state index >= 15 is 0 Å². The molecule has 0 aliphatic heterocycles. The van der Waals surface area contributed by atoms with Gasteiger partial charge in [-0.1, -0.05) is 47.5 Å². The minimum Gasteiger partial charge on any atom is -0.338 e. The summed E-state index contributed by atoms with van der Waals surface area (Å²) in [7, 11) is 0. The number of halogens is 2. The summed E-state index contributed by atoms with van der Waals surface area (Å²) in [6.45, 7) is 0.244. The highest BCUT2D eigenvalue weighted by Gasteiger charge is 2.11. The average Bonchev–Trinajstić information content (AvgIpc) is 2.83. The van der Waals surface area contributed by atoms with Crippen molar-refractivity contribution in [1.29, 1.82) is 0 Å². The van der Waals surface area contributed by atoms with E-state index in [1.165, 1.54) is 0 Å². The summed E-state index contributed by atoms with van der Waals surface area (Å²) in [5, 5.41) is 2.23. The standard InChI is InChI=1S/C16H11Cl2NO/c17-13-5-1-4-12(9-13)15(20)10-19-8-7-11-3-2-6-14(18)16(11)19/h1-9H,10H2. The van der Waals surface area contributed by atoms with Gasteiger partial charge in [0.05, 0.1) is 17.1 Å². The van der Waals surface area contributed by atoms with E-state index in [2.05, 4.69) is 0 Å². The van der Waals surface area contributed by atoms with Gasteiger partial charge in [-0.2, -0.15) is 0 Å². The van der Waals surface area contributed by atoms with E-state index < -0.39 is 0 Å². The topological polar surface area (TPSA) is 22.0 Å². The van der Waals surface area contributed by atoms with E-state index in [4.69, 9.17) is 23.2 Å². The van der Waals surface area contributed by atoms with Gasteiger partial charge in [0.2, 0.25) is 0 Å². The molecule has 0 spiro atoms. The van der Waals surface area contributed by atoms with Crippen LogP contribution in [0.3, 0.4) is 0 Å². The molecule has 0 N–H and O–H groups in total. The van der Waals surface area contributed by atoms with Crippen LogP contribution >= 0.6 is 23.2 Å². The normalized spacial score (nSPS) is 10.9. The molecule has 0 amide bonds. The van der Waals surface area contributed by atoms with Crippen molar-refractivity contribution in [2.45, 2.75) is 6.54 Å². The number of para-hydroxylation sites is 1. The lowest BCUT2D eigenvalue weighted by Gasteiger charge is -2.06. The molecule has 0 saturated heterocycles. The molecule has 0 atom stereocenters. The maximum absolute atomic E-state index is 12.3. The van der Waals surface area contributed by atoms with Gasteiger partial charge in [0.25, 0.3) is 0 Å². The van der Waals surface area contributed by atoms with Gasteiger partial charge in [-0.3, -0.25) is 4.79 Å². The molecule has 0 fully saturated rings. The van der Waals surface area contributed by atoms with E-state index in [1.54, 1.807) is 24.3 Å². The first-order valence-electron chi connectivity index (χ1n) is 6.17. The summed E-state index contributed by atoms with van der Waals surface area (Å²) in [6.07, 6.45) is 1.87. The van der Waals surface area contributed by atoms with Crippen LogP contribution in [0.2, 0.25) is 10.0 Å². The molecule has 20 heavy (non-hydrogen) atoms. The molecular weight excluding hydrogens is 293 g/mol. The van der Waals surface area contributed by atoms with Crippen LogP contribution in [0.15, 0.2) is 54.7 Å². The minimum absolute atomic E-state index is 0.00456. The van der Waals surface area contributed by atoms with Crippen LogP contribution in [0, 0.1) is 0 Å². The summed E-state index contributed by atoms with van der Waals surface area (Å²) in [5.41, 5.74) is 1.48. The van der Waals surface area contributed by atoms with Gasteiger partial charge in [0, 0.05) is 22.2 Å². The summed E-state index contributed by atoms with van der Waals surface area (Å²) < 4.78 is 1.86. The number of ketones is 1. The van der Waals surface area contributed by atoms with Gasteiger partial charge in [-0.05, 0) is 24.3 Å². The lowest BCUT2D eigenvalue weighted by molar-refractivity contribution is 0.0973. The molecule has 100 valence electrons. The maximum atomic E-state index is 12.3. The molecule has 0 saturated carbocycles. The molecule has 3 rings (SSSR count). The van der Waals surface area contributed by atoms with Gasteiger partial charge in [-0.15, -0.1) is 0 Å². The van der Waals surface area contributed by atoms with Crippen molar-refractivity contribution >= 4 is 39.9 Å². The van der Waals surface area contributed by atoms with Crippen LogP contribution in [0.5, 0.6) is 0 Å². The highest BCUT2D eigenvalue weighted by molar-refractivity contribution is 6.35. The molecule has 0 bridgehead atoms. The zero-order chi connectivity index (χ0) is 14.1. The largest absolute Gasteiger partial charge is 0.338 e. The Hall–Kier alpha value is -1.77. The van der Waals surface area contributed by atoms with E-state index in [9.17, 15) is 4.79 Å². The molecule has 0 unspecified atom stereocenters. The summed E-state index contributed by atoms with van der Waals surface area (Å²) in [5.74, 6) is 0.00456. The number of rotatable bonds is 3. The Morgan fingerprint density at radius 1 is 1.05 bits per heavy atom. The number of fused-ring (bicyclic) bond motifs is 1. The lowest BCUT2D eigenvalue weighted by Crippen LogP contribution is -2.09. The number of Topliss-reactive ketones (excluding diaryl/α,β-unsaturated/α-hetero) is 1. The van der Waals surface area contributed by atoms with Crippen molar-refractivity contribution in [3.63, 3.8) is 0 Å². The summed E-state index contributed by atoms with van der Waals surface area (Å²) in [6, 6.07) is 14.6. The SMILES string of the molecule is O=C(Cn1ccc2cccc(Cl)c21)c1cccc(Cl)c1. The van der Waals surface area contributed by atoms with Crippen LogP contribution in [-0.4, -0.2) is 10.4 Å². The summed E-state index contributed by atoms with van der Waals surface area (Å²) in [4.78, 5) is 12.3. The fraction of sp³-hybridized carbons (Fsp3) is 0.0625. The van der Waals surface area contributed by atoms with Gasteiger partial charge >= 0.3 is 0 Å². The number of aromatic nitrogens is 1. The number of carbonyl (C=O) groups is 1. The van der Waals surface area contributed by atoms with Gasteiger partial charge in [0.1, 0.15) is 0 Å². The number of carbonyl (C=O) groups excluding carboxylic acids is 1. The predicted octanol–water partition coefficient (Wildman–Crippen LogP) is 4.83. The highest BCUT2D eigenvalue weighted by atomic mass is 35.5. The van der Waals surface area contributed by atoms with Gasteiger partial charge < -0.3 is 4.57 Å². The highest BCUT2D eigenvalue weighted by Crippen LogP contribution is 2.24. The third-order valence-electron chi connectivity index (χ3n) is 3.20. The number of benzene rings is 2. The first-order chi connectivity index (χ1) is 9.65. The zero-order valence-corrected chi connectivity index (χ0v) is 12.0. The molecule has 0 aliphatic rings. The molecule has 1 heterocycles. The van der Waals surface area contributed by atoms with E-state index in [1.807, 2.05) is 35.0 Å². The average molecular weight is 304 g/mol. The van der Waals surface area contributed by atoms with E-state index in [0.29, 0.717) is 15.6 Å². The van der Waals surface area contributed by atoms with Crippen molar-refractivity contribution in [2.75, 3.05) is 0 Å². The third-order valence-corrected chi connectivity index (χ3v) is 3.74. The predicted molar refractivity (Wildman–Crippen MR) is 82.7 cm³/mol.